The van der Waals surface area contributed by atoms with Crippen molar-refractivity contribution in [2.45, 2.75) is 70.8 Å². The minimum atomic E-state index is -0.546. The van der Waals surface area contributed by atoms with Gasteiger partial charge in [-0.2, -0.15) is 0 Å². The Kier molecular flexibility index (Phi) is 10.6. The number of fused-ring (bicyclic) bond motifs is 3. The zero-order valence-electron chi connectivity index (χ0n) is 27.3. The average Bonchev–Trinajstić information content (AvgIpc) is 3.52. The third-order valence-electron chi connectivity index (χ3n) is 8.94. The van der Waals surface area contributed by atoms with Gasteiger partial charge < -0.3 is 19.1 Å². The molecule has 0 saturated carbocycles. The monoisotopic (exact) mass is 674 g/mol. The number of aryl methyl sites for hydroxylation is 1. The first-order valence-corrected chi connectivity index (χ1v) is 17.0. The molecule has 0 aliphatic carbocycles. The van der Waals surface area contributed by atoms with Crippen molar-refractivity contribution in [3.63, 3.8) is 0 Å². The van der Waals surface area contributed by atoms with Gasteiger partial charge in [-0.05, 0) is 75.1 Å². The molecule has 2 aliphatic rings. The van der Waals surface area contributed by atoms with Crippen LogP contribution in [0.2, 0.25) is 5.02 Å². The van der Waals surface area contributed by atoms with E-state index in [-0.39, 0.29) is 22.5 Å². The molecule has 0 N–H and O–H groups in total. The van der Waals surface area contributed by atoms with Crippen LogP contribution in [0.25, 0.3) is 16.6 Å². The molecule has 1 amide bonds. The summed E-state index contributed by atoms with van der Waals surface area (Å²) in [6.45, 7) is 3.61. The largest absolute Gasteiger partial charge is 0.494 e. The third-order valence-corrected chi connectivity index (χ3v) is 9.23. The summed E-state index contributed by atoms with van der Waals surface area (Å²) in [5.74, 6) is 1.72. The molecule has 9 nitrogen and oxygen atoms in total. The fourth-order valence-corrected chi connectivity index (χ4v) is 6.55. The van der Waals surface area contributed by atoms with Crippen molar-refractivity contribution >= 4 is 40.3 Å². The van der Waals surface area contributed by atoms with Crippen LogP contribution in [0.3, 0.4) is 0 Å². The van der Waals surface area contributed by atoms with E-state index in [0.29, 0.717) is 64.1 Å². The number of amides is 1. The molecular formula is C37H40ClFN4O5. The molecule has 1 fully saturated rings. The summed E-state index contributed by atoms with van der Waals surface area (Å²) in [6.07, 6.45) is 11.1. The fourth-order valence-electron chi connectivity index (χ4n) is 6.37. The molecule has 4 aromatic rings. The molecule has 1 atom stereocenters. The van der Waals surface area contributed by atoms with Crippen molar-refractivity contribution < 1.29 is 23.4 Å². The highest BCUT2D eigenvalue weighted by Crippen LogP contribution is 2.38. The molecule has 3 aromatic carbocycles. The molecule has 0 unspecified atom stereocenters. The summed E-state index contributed by atoms with van der Waals surface area (Å²) in [5, 5.41) is 0.366. The van der Waals surface area contributed by atoms with Gasteiger partial charge in [0.15, 0.2) is 11.5 Å². The molecule has 3 heterocycles. The lowest BCUT2D eigenvalue weighted by molar-refractivity contribution is 0.0774. The van der Waals surface area contributed by atoms with Crippen molar-refractivity contribution in [3.8, 4) is 22.9 Å². The van der Waals surface area contributed by atoms with Crippen molar-refractivity contribution in [2.24, 2.45) is 4.99 Å². The normalized spacial score (nSPS) is 15.4. The lowest BCUT2D eigenvalue weighted by Crippen LogP contribution is -2.35. The number of ether oxygens (including phenoxy) is 3. The number of aliphatic imine (C=N–C) groups is 1. The number of rotatable bonds is 14. The van der Waals surface area contributed by atoms with Crippen LogP contribution in [0.4, 0.5) is 10.1 Å². The number of hydrogen-bond acceptors (Lipinski definition) is 7. The molecule has 48 heavy (non-hydrogen) atoms. The van der Waals surface area contributed by atoms with Crippen LogP contribution < -0.4 is 19.8 Å². The zero-order valence-corrected chi connectivity index (χ0v) is 28.1. The van der Waals surface area contributed by atoms with E-state index in [1.807, 2.05) is 23.2 Å². The molecule has 0 radical (unpaired) electrons. The Morgan fingerprint density at radius 3 is 2.42 bits per heavy atom. The second kappa shape index (κ2) is 15.2. The number of nitrogens with zero attached hydrogens (tertiary/aromatic N) is 4. The lowest BCUT2D eigenvalue weighted by Gasteiger charge is -2.20. The third kappa shape index (κ3) is 7.33. The average molecular weight is 675 g/mol. The molecule has 6 rings (SSSR count). The van der Waals surface area contributed by atoms with E-state index in [2.05, 4.69) is 9.98 Å². The number of carbonyl (C=O) groups is 1. The standard InChI is InChI=1S/C37H40ClFN4O5/c1-24-41-32-15-13-27(20-28(32)37(45)43(24)25-12-14-31(39)30(38)19-25)47-17-8-6-4-3-5-7-9-18-48-35-22-33-29(21-34(35)46-2)36(44)42-16-10-11-26(42)23-40-33/h12-15,19-23,26H,3-11,16-18H2,1-2H3/t26-/m0/s1. The van der Waals surface area contributed by atoms with E-state index in [9.17, 15) is 14.0 Å². The maximum absolute atomic E-state index is 13.7. The quantitative estimate of drug-likeness (QED) is 0.126. The number of unbranched alkanes of at least 4 members (excludes halogenated alkanes) is 6. The van der Waals surface area contributed by atoms with E-state index < -0.39 is 5.82 Å². The fraction of sp³-hybridized carbons (Fsp3) is 0.405. The summed E-state index contributed by atoms with van der Waals surface area (Å²) in [5.41, 5.74) is 1.96. The van der Waals surface area contributed by atoms with Gasteiger partial charge in [-0.25, -0.2) is 9.37 Å². The van der Waals surface area contributed by atoms with Crippen LogP contribution in [0.1, 0.15) is 74.0 Å². The second-order valence-electron chi connectivity index (χ2n) is 12.3. The molecule has 2 aliphatic heterocycles. The topological polar surface area (TPSA) is 95.2 Å². The lowest BCUT2D eigenvalue weighted by atomic mass is 10.1. The number of methoxy groups -OCH3 is 1. The van der Waals surface area contributed by atoms with Gasteiger partial charge in [0.2, 0.25) is 0 Å². The van der Waals surface area contributed by atoms with Gasteiger partial charge in [0.05, 0.1) is 59.2 Å². The van der Waals surface area contributed by atoms with Crippen molar-refractivity contribution in [2.75, 3.05) is 26.9 Å². The first kappa shape index (κ1) is 33.5. The molecule has 252 valence electrons. The molecule has 11 heteroatoms. The van der Waals surface area contributed by atoms with Crippen LogP contribution in [0.5, 0.6) is 17.2 Å². The summed E-state index contributed by atoms with van der Waals surface area (Å²) < 4.78 is 32.7. The van der Waals surface area contributed by atoms with Crippen LogP contribution >= 0.6 is 11.6 Å². The van der Waals surface area contributed by atoms with Crippen molar-refractivity contribution in [3.05, 3.63) is 81.1 Å². The maximum atomic E-state index is 13.7. The van der Waals surface area contributed by atoms with Gasteiger partial charge in [-0.3, -0.25) is 19.1 Å². The smallest absolute Gasteiger partial charge is 0.266 e. The van der Waals surface area contributed by atoms with E-state index in [0.717, 1.165) is 64.3 Å². The number of carbonyl (C=O) groups excluding carboxylic acids is 1. The van der Waals surface area contributed by atoms with Gasteiger partial charge in [-0.15, -0.1) is 0 Å². The molecule has 0 spiro atoms. The molecular weight excluding hydrogens is 635 g/mol. The van der Waals surface area contributed by atoms with E-state index in [4.69, 9.17) is 25.8 Å². The summed E-state index contributed by atoms with van der Waals surface area (Å²) in [7, 11) is 1.59. The van der Waals surface area contributed by atoms with Gasteiger partial charge in [-0.1, -0.05) is 43.7 Å². The first-order valence-electron chi connectivity index (χ1n) is 16.7. The van der Waals surface area contributed by atoms with Gasteiger partial charge in [0, 0.05) is 18.8 Å². The Labute approximate surface area is 284 Å². The maximum Gasteiger partial charge on any atom is 0.266 e. The van der Waals surface area contributed by atoms with Crippen LogP contribution in [-0.2, 0) is 0 Å². The van der Waals surface area contributed by atoms with Gasteiger partial charge in [0.1, 0.15) is 17.4 Å². The summed E-state index contributed by atoms with van der Waals surface area (Å²) in [4.78, 5) is 37.5. The number of hydrogen-bond donors (Lipinski definition) is 0. The number of benzene rings is 3. The van der Waals surface area contributed by atoms with E-state index >= 15 is 0 Å². The van der Waals surface area contributed by atoms with Crippen LogP contribution in [0, 0.1) is 12.7 Å². The Balaban J connectivity index is 0.908. The molecule has 0 bridgehead atoms. The van der Waals surface area contributed by atoms with Gasteiger partial charge in [0.25, 0.3) is 11.5 Å². The second-order valence-corrected chi connectivity index (χ2v) is 12.7. The van der Waals surface area contributed by atoms with Crippen LogP contribution in [0.15, 0.2) is 58.3 Å². The molecule has 1 aromatic heterocycles. The van der Waals surface area contributed by atoms with E-state index in [1.54, 1.807) is 32.2 Å². The zero-order chi connectivity index (χ0) is 33.6. The highest BCUT2D eigenvalue weighted by molar-refractivity contribution is 6.30. The Hall–Kier alpha value is -4.44. The van der Waals surface area contributed by atoms with Gasteiger partial charge >= 0.3 is 0 Å². The number of aromatic nitrogens is 2. The summed E-state index contributed by atoms with van der Waals surface area (Å²) in [6, 6.07) is 13.1. The minimum absolute atomic E-state index is 0.00391. The van der Waals surface area contributed by atoms with Crippen LogP contribution in [-0.4, -0.2) is 59.5 Å². The Morgan fingerprint density at radius 2 is 1.67 bits per heavy atom. The predicted molar refractivity (Wildman–Crippen MR) is 186 cm³/mol. The number of halogens is 2. The molecule has 1 saturated heterocycles. The van der Waals surface area contributed by atoms with Crippen molar-refractivity contribution in [1.29, 1.82) is 0 Å². The Bertz CT molecular complexity index is 1890. The highest BCUT2D eigenvalue weighted by atomic mass is 35.5. The first-order chi connectivity index (χ1) is 23.3. The summed E-state index contributed by atoms with van der Waals surface area (Å²) >= 11 is 5.96. The highest BCUT2D eigenvalue weighted by Gasteiger charge is 2.32. The van der Waals surface area contributed by atoms with E-state index in [1.165, 1.54) is 22.8 Å². The predicted octanol–water partition coefficient (Wildman–Crippen LogP) is 8.00. The minimum Gasteiger partial charge on any atom is -0.494 e. The SMILES string of the molecule is COc1cc2c(cc1OCCCCCCCCCOc1ccc3nc(C)n(-c4ccc(F)c(Cl)c4)c(=O)c3c1)N=C[C@@H]1CCCN1C2=O. The van der Waals surface area contributed by atoms with Crippen molar-refractivity contribution in [1.82, 2.24) is 14.5 Å². The Morgan fingerprint density at radius 1 is 0.917 bits per heavy atom.